The Labute approximate surface area is 68.6 Å². The highest BCUT2D eigenvalue weighted by Crippen LogP contribution is 2.39. The molecule has 1 rings (SSSR count). The summed E-state index contributed by atoms with van der Waals surface area (Å²) in [5.41, 5.74) is 0.351. The van der Waals surface area contributed by atoms with Crippen LogP contribution in [0.5, 0.6) is 0 Å². The van der Waals surface area contributed by atoms with Crippen LogP contribution in [0.1, 0.15) is 39.5 Å². The normalized spacial score (nSPS) is 19.8. The Morgan fingerprint density at radius 2 is 2.18 bits per heavy atom. The van der Waals surface area contributed by atoms with E-state index in [1.54, 1.807) is 0 Å². The second-order valence-electron chi connectivity index (χ2n) is 3.74. The number of nitrogens with one attached hydrogen (secondary N) is 1. The molecular weight excluding hydrogens is 136 g/mol. The Morgan fingerprint density at radius 3 is 2.55 bits per heavy atom. The number of nitrogens with zero attached hydrogens (tertiary/aromatic N) is 1. The first-order chi connectivity index (χ1) is 5.18. The molecule has 0 bridgehead atoms. The lowest BCUT2D eigenvalue weighted by molar-refractivity contribution is 0.426. The van der Waals surface area contributed by atoms with Gasteiger partial charge in [0.15, 0.2) is 0 Å². The van der Waals surface area contributed by atoms with E-state index in [2.05, 4.69) is 25.2 Å². The van der Waals surface area contributed by atoms with E-state index in [1.807, 2.05) is 0 Å². The van der Waals surface area contributed by atoms with Gasteiger partial charge in [-0.1, -0.05) is 13.8 Å². The topological polar surface area (TPSA) is 35.8 Å². The van der Waals surface area contributed by atoms with E-state index in [0.29, 0.717) is 18.0 Å². The van der Waals surface area contributed by atoms with E-state index in [0.717, 1.165) is 6.42 Å². The zero-order valence-corrected chi connectivity index (χ0v) is 7.35. The minimum Gasteiger partial charge on any atom is -0.309 e. The largest absolute Gasteiger partial charge is 0.309 e. The lowest BCUT2D eigenvalue weighted by Crippen LogP contribution is -2.36. The van der Waals surface area contributed by atoms with Crippen molar-refractivity contribution in [3.05, 3.63) is 0 Å². The van der Waals surface area contributed by atoms with Crippen molar-refractivity contribution in [3.8, 4) is 6.07 Å². The molecule has 0 aromatic carbocycles. The first kappa shape index (κ1) is 8.55. The van der Waals surface area contributed by atoms with Crippen LogP contribution in [0.4, 0.5) is 0 Å². The third-order valence-corrected chi connectivity index (χ3v) is 2.16. The molecule has 1 N–H and O–H groups in total. The maximum absolute atomic E-state index is 8.41. The van der Waals surface area contributed by atoms with Gasteiger partial charge in [-0.05, 0) is 19.3 Å². The van der Waals surface area contributed by atoms with Crippen LogP contribution in [0, 0.1) is 11.3 Å². The van der Waals surface area contributed by atoms with Crippen molar-refractivity contribution < 1.29 is 0 Å². The van der Waals surface area contributed by atoms with Crippen LogP contribution < -0.4 is 5.32 Å². The highest BCUT2D eigenvalue weighted by Gasteiger charge is 2.41. The van der Waals surface area contributed by atoms with Crippen molar-refractivity contribution in [1.29, 1.82) is 5.26 Å². The molecule has 1 aliphatic carbocycles. The monoisotopic (exact) mass is 152 g/mol. The summed E-state index contributed by atoms with van der Waals surface area (Å²) in [7, 11) is 0. The van der Waals surface area contributed by atoms with E-state index >= 15 is 0 Å². The van der Waals surface area contributed by atoms with E-state index in [9.17, 15) is 0 Å². The molecule has 0 spiro atoms. The molecule has 1 saturated carbocycles. The summed E-state index contributed by atoms with van der Waals surface area (Å²) in [6.45, 7) is 4.32. The van der Waals surface area contributed by atoms with E-state index in [1.165, 1.54) is 12.8 Å². The van der Waals surface area contributed by atoms with Gasteiger partial charge in [0, 0.05) is 18.0 Å². The molecule has 0 radical (unpaired) electrons. The predicted molar refractivity (Wildman–Crippen MR) is 45.1 cm³/mol. The third kappa shape index (κ3) is 2.51. The van der Waals surface area contributed by atoms with Crippen LogP contribution in [0.15, 0.2) is 0 Å². The van der Waals surface area contributed by atoms with Crippen molar-refractivity contribution in [2.24, 2.45) is 0 Å². The molecule has 1 aliphatic rings. The van der Waals surface area contributed by atoms with E-state index in [-0.39, 0.29) is 0 Å². The molecule has 0 aliphatic heterocycles. The minimum absolute atomic E-state index is 0.351. The van der Waals surface area contributed by atoms with Gasteiger partial charge in [-0.15, -0.1) is 0 Å². The summed E-state index contributed by atoms with van der Waals surface area (Å²) in [5.74, 6) is 0. The maximum atomic E-state index is 8.41. The van der Waals surface area contributed by atoms with E-state index < -0.39 is 0 Å². The molecule has 0 amide bonds. The van der Waals surface area contributed by atoms with Gasteiger partial charge in [-0.3, -0.25) is 0 Å². The quantitative estimate of drug-likeness (QED) is 0.667. The second kappa shape index (κ2) is 3.23. The molecule has 0 atom stereocenters. The van der Waals surface area contributed by atoms with Crippen molar-refractivity contribution in [2.75, 3.05) is 0 Å². The van der Waals surface area contributed by atoms with Gasteiger partial charge in [0.2, 0.25) is 0 Å². The fourth-order valence-electron chi connectivity index (χ4n) is 1.52. The molecule has 2 heteroatoms. The molecule has 1 fully saturated rings. The molecule has 62 valence electrons. The zero-order chi connectivity index (χ0) is 8.32. The molecular formula is C9H16N2. The van der Waals surface area contributed by atoms with Gasteiger partial charge in [0.25, 0.3) is 0 Å². The molecule has 11 heavy (non-hydrogen) atoms. The fourth-order valence-corrected chi connectivity index (χ4v) is 1.52. The first-order valence-corrected chi connectivity index (χ1v) is 4.33. The fraction of sp³-hybridized carbons (Fsp3) is 0.889. The summed E-state index contributed by atoms with van der Waals surface area (Å²) < 4.78 is 0. The Balaban J connectivity index is 2.25. The highest BCUT2D eigenvalue weighted by atomic mass is 15.0. The number of nitriles is 1. The Morgan fingerprint density at radius 1 is 1.55 bits per heavy atom. The summed E-state index contributed by atoms with van der Waals surface area (Å²) in [6.07, 6.45) is 4.24. The number of hydrogen-bond acceptors (Lipinski definition) is 2. The first-order valence-electron chi connectivity index (χ1n) is 4.33. The summed E-state index contributed by atoms with van der Waals surface area (Å²) in [6, 6.07) is 2.75. The van der Waals surface area contributed by atoms with Crippen LogP contribution in [0.25, 0.3) is 0 Å². The maximum Gasteiger partial charge on any atom is 0.0622 e. The number of hydrogen-bond donors (Lipinski definition) is 1. The second-order valence-corrected chi connectivity index (χ2v) is 3.74. The minimum atomic E-state index is 0.351. The van der Waals surface area contributed by atoms with Crippen molar-refractivity contribution >= 4 is 0 Å². The summed E-state index contributed by atoms with van der Waals surface area (Å²) in [5, 5.41) is 11.9. The van der Waals surface area contributed by atoms with E-state index in [4.69, 9.17) is 5.26 Å². The Kier molecular flexibility index (Phi) is 2.51. The molecule has 0 heterocycles. The molecule has 0 aromatic heterocycles. The standard InChI is InChI=1S/C9H16N2/c1-8(2)11-9(5-6-9)4-3-7-10/h8,11H,3-6H2,1-2H3. The van der Waals surface area contributed by atoms with Crippen LogP contribution in [-0.4, -0.2) is 11.6 Å². The van der Waals surface area contributed by atoms with Gasteiger partial charge < -0.3 is 5.32 Å². The Hall–Kier alpha value is -0.550. The SMILES string of the molecule is CC(C)NC1(CCC#N)CC1. The lowest BCUT2D eigenvalue weighted by atomic mass is 10.1. The van der Waals surface area contributed by atoms with Crippen LogP contribution in [-0.2, 0) is 0 Å². The van der Waals surface area contributed by atoms with Crippen molar-refractivity contribution in [1.82, 2.24) is 5.32 Å². The molecule has 0 unspecified atom stereocenters. The summed E-state index contributed by atoms with van der Waals surface area (Å²) in [4.78, 5) is 0. The Bertz CT molecular complexity index is 163. The van der Waals surface area contributed by atoms with Crippen LogP contribution >= 0.6 is 0 Å². The van der Waals surface area contributed by atoms with Crippen LogP contribution in [0.2, 0.25) is 0 Å². The molecule has 2 nitrogen and oxygen atoms in total. The summed E-state index contributed by atoms with van der Waals surface area (Å²) >= 11 is 0. The number of rotatable bonds is 4. The van der Waals surface area contributed by atoms with Crippen molar-refractivity contribution in [2.45, 2.75) is 51.1 Å². The van der Waals surface area contributed by atoms with Gasteiger partial charge in [-0.25, -0.2) is 0 Å². The van der Waals surface area contributed by atoms with Gasteiger partial charge in [0.1, 0.15) is 0 Å². The third-order valence-electron chi connectivity index (χ3n) is 2.16. The van der Waals surface area contributed by atoms with Gasteiger partial charge in [-0.2, -0.15) is 5.26 Å². The average molecular weight is 152 g/mol. The average Bonchev–Trinajstić information content (AvgIpc) is 2.64. The predicted octanol–water partition coefficient (Wildman–Crippen LogP) is 1.82. The van der Waals surface area contributed by atoms with Gasteiger partial charge in [0.05, 0.1) is 6.07 Å². The van der Waals surface area contributed by atoms with Gasteiger partial charge >= 0.3 is 0 Å². The lowest BCUT2D eigenvalue weighted by Gasteiger charge is -2.18. The van der Waals surface area contributed by atoms with Crippen LogP contribution in [0.3, 0.4) is 0 Å². The molecule has 0 saturated heterocycles. The zero-order valence-electron chi connectivity index (χ0n) is 7.35. The highest BCUT2D eigenvalue weighted by molar-refractivity contribution is 5.03. The van der Waals surface area contributed by atoms with Crippen molar-refractivity contribution in [3.63, 3.8) is 0 Å². The smallest absolute Gasteiger partial charge is 0.0622 e. The molecule has 0 aromatic rings.